The topological polar surface area (TPSA) is 4.93 Å². The van der Waals surface area contributed by atoms with Crippen LogP contribution in [-0.2, 0) is 6.54 Å². The van der Waals surface area contributed by atoms with E-state index < -0.39 is 11.6 Å². The molecule has 0 radical (unpaired) electrons. The fourth-order valence-electron chi connectivity index (χ4n) is 1.83. The molecule has 1 heterocycles. The fourth-order valence-corrected chi connectivity index (χ4v) is 1.83. The monoisotopic (exact) mass is 221 g/mol. The Morgan fingerprint density at radius 3 is 1.94 bits per heavy atom. The Labute approximate surface area is 93.3 Å². The van der Waals surface area contributed by atoms with E-state index in [0.717, 1.165) is 17.5 Å². The largest absolute Gasteiger partial charge is 0.345 e. The molecule has 0 fully saturated rings. The quantitative estimate of drug-likeness (QED) is 0.732. The Morgan fingerprint density at radius 1 is 0.938 bits per heavy atom. The minimum atomic E-state index is -0.530. The van der Waals surface area contributed by atoms with Crippen molar-refractivity contribution in [1.29, 1.82) is 0 Å². The van der Waals surface area contributed by atoms with Gasteiger partial charge in [0.15, 0.2) is 0 Å². The average Bonchev–Trinajstić information content (AvgIpc) is 2.48. The summed E-state index contributed by atoms with van der Waals surface area (Å²) in [4.78, 5) is 0. The molecule has 0 unspecified atom stereocenters. The molecule has 0 atom stereocenters. The molecule has 0 aliphatic carbocycles. The third-order valence-corrected chi connectivity index (χ3v) is 2.68. The summed E-state index contributed by atoms with van der Waals surface area (Å²) in [5.74, 6) is -1.06. The molecule has 0 bridgehead atoms. The number of nitrogens with zero attached hydrogens (tertiary/aromatic N) is 1. The van der Waals surface area contributed by atoms with Gasteiger partial charge in [-0.3, -0.25) is 0 Å². The second-order valence-electron chi connectivity index (χ2n) is 3.98. The van der Waals surface area contributed by atoms with E-state index >= 15 is 0 Å². The van der Waals surface area contributed by atoms with Gasteiger partial charge in [-0.05, 0) is 43.7 Å². The van der Waals surface area contributed by atoms with Crippen molar-refractivity contribution in [2.45, 2.75) is 20.4 Å². The Bertz CT molecular complexity index is 475. The minimum absolute atomic E-state index is 0.499. The van der Waals surface area contributed by atoms with Crippen LogP contribution >= 0.6 is 0 Å². The van der Waals surface area contributed by atoms with Crippen LogP contribution in [0.25, 0.3) is 0 Å². The van der Waals surface area contributed by atoms with Crippen LogP contribution in [0.15, 0.2) is 30.3 Å². The molecule has 0 spiro atoms. The molecular weight excluding hydrogens is 208 g/mol. The molecule has 1 aromatic heterocycles. The summed E-state index contributed by atoms with van der Waals surface area (Å²) in [6.07, 6.45) is 0. The predicted molar refractivity (Wildman–Crippen MR) is 59.4 cm³/mol. The van der Waals surface area contributed by atoms with E-state index in [1.165, 1.54) is 12.1 Å². The molecular formula is C13H13F2N. The van der Waals surface area contributed by atoms with Crippen molar-refractivity contribution in [3.8, 4) is 0 Å². The van der Waals surface area contributed by atoms with E-state index in [9.17, 15) is 8.78 Å². The van der Waals surface area contributed by atoms with Crippen molar-refractivity contribution in [3.05, 3.63) is 58.9 Å². The summed E-state index contributed by atoms with van der Waals surface area (Å²) in [6.45, 7) is 4.45. The third kappa shape index (κ3) is 2.13. The minimum Gasteiger partial charge on any atom is -0.345 e. The van der Waals surface area contributed by atoms with Crippen molar-refractivity contribution >= 4 is 0 Å². The van der Waals surface area contributed by atoms with E-state index in [1.54, 1.807) is 0 Å². The molecule has 1 aromatic carbocycles. The van der Waals surface area contributed by atoms with Crippen LogP contribution < -0.4 is 0 Å². The Hall–Kier alpha value is -1.64. The first-order valence-corrected chi connectivity index (χ1v) is 5.14. The van der Waals surface area contributed by atoms with Gasteiger partial charge >= 0.3 is 0 Å². The highest BCUT2D eigenvalue weighted by molar-refractivity contribution is 5.21. The van der Waals surface area contributed by atoms with E-state index in [4.69, 9.17) is 0 Å². The first kappa shape index (κ1) is 10.9. The van der Waals surface area contributed by atoms with Crippen LogP contribution in [0.1, 0.15) is 17.0 Å². The lowest BCUT2D eigenvalue weighted by molar-refractivity contribution is 0.576. The summed E-state index contributed by atoms with van der Waals surface area (Å²) >= 11 is 0. The fraction of sp³-hybridized carbons (Fsp3) is 0.231. The van der Waals surface area contributed by atoms with Crippen molar-refractivity contribution in [2.75, 3.05) is 0 Å². The van der Waals surface area contributed by atoms with Crippen LogP contribution in [0.4, 0.5) is 8.78 Å². The Morgan fingerprint density at radius 2 is 1.44 bits per heavy atom. The van der Waals surface area contributed by atoms with Gasteiger partial charge in [0.1, 0.15) is 11.6 Å². The molecule has 0 aliphatic heterocycles. The van der Waals surface area contributed by atoms with Gasteiger partial charge in [0.25, 0.3) is 0 Å². The van der Waals surface area contributed by atoms with Crippen molar-refractivity contribution in [3.63, 3.8) is 0 Å². The zero-order valence-electron chi connectivity index (χ0n) is 9.30. The SMILES string of the molecule is Cc1ccc(C)n1Cc1cc(F)cc(F)c1. The van der Waals surface area contributed by atoms with E-state index in [2.05, 4.69) is 0 Å². The summed E-state index contributed by atoms with van der Waals surface area (Å²) in [6, 6.07) is 7.60. The van der Waals surface area contributed by atoms with Gasteiger partial charge in [-0.25, -0.2) is 8.78 Å². The van der Waals surface area contributed by atoms with Crippen molar-refractivity contribution in [2.24, 2.45) is 0 Å². The first-order chi connectivity index (χ1) is 7.56. The lowest BCUT2D eigenvalue weighted by atomic mass is 10.2. The third-order valence-electron chi connectivity index (χ3n) is 2.68. The number of aromatic nitrogens is 1. The number of rotatable bonds is 2. The standard InChI is InChI=1S/C13H13F2N/c1-9-3-4-10(2)16(9)8-11-5-12(14)7-13(15)6-11/h3-7H,8H2,1-2H3. The lowest BCUT2D eigenvalue weighted by Crippen LogP contribution is -2.04. The predicted octanol–water partition coefficient (Wildman–Crippen LogP) is 3.43. The summed E-state index contributed by atoms with van der Waals surface area (Å²) in [7, 11) is 0. The molecule has 0 aliphatic rings. The van der Waals surface area contributed by atoms with Gasteiger partial charge in [-0.2, -0.15) is 0 Å². The molecule has 2 aromatic rings. The molecule has 0 amide bonds. The number of halogens is 2. The summed E-state index contributed by atoms with van der Waals surface area (Å²) in [5.41, 5.74) is 2.81. The van der Waals surface area contributed by atoms with Gasteiger partial charge in [0.2, 0.25) is 0 Å². The van der Waals surface area contributed by atoms with Crippen LogP contribution in [0.5, 0.6) is 0 Å². The molecule has 0 N–H and O–H groups in total. The second kappa shape index (κ2) is 4.08. The van der Waals surface area contributed by atoms with Crippen LogP contribution in [-0.4, -0.2) is 4.57 Å². The number of hydrogen-bond acceptors (Lipinski definition) is 0. The van der Waals surface area contributed by atoms with Gasteiger partial charge in [0.05, 0.1) is 0 Å². The zero-order chi connectivity index (χ0) is 11.7. The lowest BCUT2D eigenvalue weighted by Gasteiger charge is -2.09. The molecule has 0 saturated heterocycles. The Kier molecular flexibility index (Phi) is 2.77. The van der Waals surface area contributed by atoms with Crippen molar-refractivity contribution in [1.82, 2.24) is 4.57 Å². The number of hydrogen-bond donors (Lipinski definition) is 0. The molecule has 84 valence electrons. The average molecular weight is 221 g/mol. The molecule has 0 saturated carbocycles. The van der Waals surface area contributed by atoms with Crippen molar-refractivity contribution < 1.29 is 8.78 Å². The van der Waals surface area contributed by atoms with Gasteiger partial charge < -0.3 is 4.57 Å². The normalized spacial score (nSPS) is 10.8. The summed E-state index contributed by atoms with van der Waals surface area (Å²) < 4.78 is 28.0. The zero-order valence-corrected chi connectivity index (χ0v) is 9.30. The van der Waals surface area contributed by atoms with Gasteiger partial charge in [-0.15, -0.1) is 0 Å². The maximum Gasteiger partial charge on any atom is 0.126 e. The number of benzene rings is 1. The number of aryl methyl sites for hydroxylation is 2. The highest BCUT2D eigenvalue weighted by Crippen LogP contribution is 2.13. The van der Waals surface area contributed by atoms with Gasteiger partial charge in [-0.1, -0.05) is 0 Å². The highest BCUT2D eigenvalue weighted by Gasteiger charge is 2.04. The van der Waals surface area contributed by atoms with E-state index in [-0.39, 0.29) is 0 Å². The summed E-state index contributed by atoms with van der Waals surface area (Å²) in [5, 5.41) is 0. The Balaban J connectivity index is 2.34. The molecule has 2 rings (SSSR count). The maximum absolute atomic E-state index is 13.0. The van der Waals surface area contributed by atoms with Crippen LogP contribution in [0.2, 0.25) is 0 Å². The maximum atomic E-state index is 13.0. The smallest absolute Gasteiger partial charge is 0.126 e. The van der Waals surface area contributed by atoms with E-state index in [0.29, 0.717) is 12.1 Å². The highest BCUT2D eigenvalue weighted by atomic mass is 19.1. The van der Waals surface area contributed by atoms with Crippen LogP contribution in [0.3, 0.4) is 0 Å². The first-order valence-electron chi connectivity index (χ1n) is 5.14. The van der Waals surface area contributed by atoms with Crippen LogP contribution in [0, 0.1) is 25.5 Å². The van der Waals surface area contributed by atoms with Gasteiger partial charge in [0, 0.05) is 24.0 Å². The molecule has 3 heteroatoms. The van der Waals surface area contributed by atoms with E-state index in [1.807, 2.05) is 30.5 Å². The second-order valence-corrected chi connectivity index (χ2v) is 3.98. The molecule has 1 nitrogen and oxygen atoms in total. The molecule has 16 heavy (non-hydrogen) atoms.